The predicted molar refractivity (Wildman–Crippen MR) is 43.3 cm³/mol. The summed E-state index contributed by atoms with van der Waals surface area (Å²) in [5, 5.41) is 0. The Balaban J connectivity index is 2.33. The topological polar surface area (TPSA) is 26.3 Å². The lowest BCUT2D eigenvalue weighted by Gasteiger charge is -2.00. The molecule has 1 saturated heterocycles. The maximum atomic E-state index is 10.7. The van der Waals surface area contributed by atoms with Gasteiger partial charge >= 0.3 is 0 Å². The molecule has 0 aromatic carbocycles. The standard InChI is InChI=1S/C9H14O2/c1-7(2)3-4-9-5-8(10)6-11-9/h3-4,7,9H,5-6H2,1-2H3. The summed E-state index contributed by atoms with van der Waals surface area (Å²) in [6.45, 7) is 4.51. The highest BCUT2D eigenvalue weighted by Crippen LogP contribution is 2.11. The zero-order chi connectivity index (χ0) is 8.27. The second kappa shape index (κ2) is 3.67. The van der Waals surface area contributed by atoms with Crippen molar-refractivity contribution in [1.29, 1.82) is 0 Å². The van der Waals surface area contributed by atoms with Crippen LogP contribution in [-0.2, 0) is 9.53 Å². The van der Waals surface area contributed by atoms with Crippen LogP contribution in [0, 0.1) is 5.92 Å². The van der Waals surface area contributed by atoms with Crippen molar-refractivity contribution in [3.8, 4) is 0 Å². The molecule has 0 aromatic heterocycles. The van der Waals surface area contributed by atoms with Gasteiger partial charge in [-0.05, 0) is 5.92 Å². The van der Waals surface area contributed by atoms with Crippen LogP contribution < -0.4 is 0 Å². The van der Waals surface area contributed by atoms with Crippen LogP contribution in [0.2, 0.25) is 0 Å². The smallest absolute Gasteiger partial charge is 0.161 e. The lowest BCUT2D eigenvalue weighted by atomic mass is 10.1. The SMILES string of the molecule is CC(C)C=CC1CC(=O)CO1. The normalized spacial score (nSPS) is 25.7. The Labute approximate surface area is 67.2 Å². The van der Waals surface area contributed by atoms with Gasteiger partial charge in [0.15, 0.2) is 5.78 Å². The van der Waals surface area contributed by atoms with E-state index in [-0.39, 0.29) is 11.9 Å². The van der Waals surface area contributed by atoms with Crippen molar-refractivity contribution < 1.29 is 9.53 Å². The van der Waals surface area contributed by atoms with Crippen molar-refractivity contribution in [3.63, 3.8) is 0 Å². The number of allylic oxidation sites excluding steroid dienone is 1. The van der Waals surface area contributed by atoms with Crippen molar-refractivity contribution in [3.05, 3.63) is 12.2 Å². The van der Waals surface area contributed by atoms with Crippen LogP contribution in [0.25, 0.3) is 0 Å². The van der Waals surface area contributed by atoms with Crippen LogP contribution in [-0.4, -0.2) is 18.5 Å². The lowest BCUT2D eigenvalue weighted by molar-refractivity contribution is -0.117. The molecule has 0 N–H and O–H groups in total. The van der Waals surface area contributed by atoms with Gasteiger partial charge < -0.3 is 4.74 Å². The van der Waals surface area contributed by atoms with Crippen LogP contribution in [0.4, 0.5) is 0 Å². The fourth-order valence-corrected chi connectivity index (χ4v) is 1.01. The first kappa shape index (κ1) is 8.47. The molecule has 1 atom stereocenters. The second-order valence-corrected chi connectivity index (χ2v) is 3.22. The van der Waals surface area contributed by atoms with Gasteiger partial charge in [-0.3, -0.25) is 4.79 Å². The maximum absolute atomic E-state index is 10.7. The molecule has 0 saturated carbocycles. The average Bonchev–Trinajstić information content (AvgIpc) is 2.31. The number of Topliss-reactive ketones (excluding diaryl/α,β-unsaturated/α-hetero) is 1. The lowest BCUT2D eigenvalue weighted by Crippen LogP contribution is -2.00. The molecular weight excluding hydrogens is 140 g/mol. The Hall–Kier alpha value is -0.630. The molecule has 2 heteroatoms. The van der Waals surface area contributed by atoms with E-state index in [0.717, 1.165) is 0 Å². The van der Waals surface area contributed by atoms with E-state index < -0.39 is 0 Å². The third kappa shape index (κ3) is 2.85. The number of ether oxygens (including phenoxy) is 1. The molecule has 0 aromatic rings. The maximum Gasteiger partial charge on any atom is 0.161 e. The van der Waals surface area contributed by atoms with E-state index in [4.69, 9.17) is 4.74 Å². The zero-order valence-electron chi connectivity index (χ0n) is 7.04. The van der Waals surface area contributed by atoms with Crippen LogP contribution in [0.3, 0.4) is 0 Å². The molecule has 0 spiro atoms. The molecule has 62 valence electrons. The van der Waals surface area contributed by atoms with E-state index >= 15 is 0 Å². The minimum atomic E-state index is 0.0462. The van der Waals surface area contributed by atoms with Crippen LogP contribution >= 0.6 is 0 Å². The number of hydrogen-bond donors (Lipinski definition) is 0. The first-order valence-electron chi connectivity index (χ1n) is 4.00. The quantitative estimate of drug-likeness (QED) is 0.564. The highest BCUT2D eigenvalue weighted by Gasteiger charge is 2.19. The molecular formula is C9H14O2. The Morgan fingerprint density at radius 3 is 2.82 bits per heavy atom. The fraction of sp³-hybridized carbons (Fsp3) is 0.667. The van der Waals surface area contributed by atoms with E-state index in [1.54, 1.807) is 0 Å². The molecule has 1 aliphatic rings. The Kier molecular flexibility index (Phi) is 2.83. The monoisotopic (exact) mass is 154 g/mol. The van der Waals surface area contributed by atoms with Gasteiger partial charge in [-0.15, -0.1) is 0 Å². The van der Waals surface area contributed by atoms with Gasteiger partial charge in [0.25, 0.3) is 0 Å². The molecule has 1 aliphatic heterocycles. The number of carbonyl (C=O) groups is 1. The van der Waals surface area contributed by atoms with Crippen molar-refractivity contribution in [2.24, 2.45) is 5.92 Å². The van der Waals surface area contributed by atoms with Gasteiger partial charge in [0.05, 0.1) is 6.10 Å². The van der Waals surface area contributed by atoms with Gasteiger partial charge in [-0.25, -0.2) is 0 Å². The van der Waals surface area contributed by atoms with E-state index in [2.05, 4.69) is 19.9 Å². The average molecular weight is 154 g/mol. The van der Waals surface area contributed by atoms with E-state index in [1.807, 2.05) is 6.08 Å². The van der Waals surface area contributed by atoms with Crippen molar-refractivity contribution >= 4 is 5.78 Å². The molecule has 11 heavy (non-hydrogen) atoms. The van der Waals surface area contributed by atoms with Gasteiger partial charge in [-0.2, -0.15) is 0 Å². The molecule has 2 nitrogen and oxygen atoms in total. The highest BCUT2D eigenvalue weighted by atomic mass is 16.5. The summed E-state index contributed by atoms with van der Waals surface area (Å²) < 4.78 is 5.18. The third-order valence-corrected chi connectivity index (χ3v) is 1.60. The molecule has 1 heterocycles. The Morgan fingerprint density at radius 1 is 1.64 bits per heavy atom. The van der Waals surface area contributed by atoms with Crippen molar-refractivity contribution in [2.45, 2.75) is 26.4 Å². The van der Waals surface area contributed by atoms with Crippen LogP contribution in [0.15, 0.2) is 12.2 Å². The molecule has 0 aliphatic carbocycles. The molecule has 1 unspecified atom stereocenters. The second-order valence-electron chi connectivity index (χ2n) is 3.22. The molecule has 0 radical (unpaired) electrons. The van der Waals surface area contributed by atoms with Crippen LogP contribution in [0.5, 0.6) is 0 Å². The first-order valence-corrected chi connectivity index (χ1v) is 4.00. The van der Waals surface area contributed by atoms with Crippen molar-refractivity contribution in [1.82, 2.24) is 0 Å². The number of ketones is 1. The van der Waals surface area contributed by atoms with Crippen molar-refractivity contribution in [2.75, 3.05) is 6.61 Å². The summed E-state index contributed by atoms with van der Waals surface area (Å²) >= 11 is 0. The van der Waals surface area contributed by atoms with Crippen LogP contribution in [0.1, 0.15) is 20.3 Å². The molecule has 1 rings (SSSR count). The summed E-state index contributed by atoms with van der Waals surface area (Å²) in [6.07, 6.45) is 4.66. The minimum absolute atomic E-state index is 0.0462. The zero-order valence-corrected chi connectivity index (χ0v) is 7.04. The number of rotatable bonds is 2. The molecule has 0 amide bonds. The number of hydrogen-bond acceptors (Lipinski definition) is 2. The molecule has 1 fully saturated rings. The summed E-state index contributed by atoms with van der Waals surface area (Å²) in [5.74, 6) is 0.748. The largest absolute Gasteiger partial charge is 0.366 e. The first-order chi connectivity index (χ1) is 5.18. The number of carbonyl (C=O) groups excluding carboxylic acids is 1. The predicted octanol–water partition coefficient (Wildman–Crippen LogP) is 1.56. The minimum Gasteiger partial charge on any atom is -0.366 e. The van der Waals surface area contributed by atoms with E-state index in [9.17, 15) is 4.79 Å². The van der Waals surface area contributed by atoms with E-state index in [0.29, 0.717) is 18.9 Å². The van der Waals surface area contributed by atoms with Gasteiger partial charge in [0.1, 0.15) is 6.61 Å². The fourth-order valence-electron chi connectivity index (χ4n) is 1.01. The van der Waals surface area contributed by atoms with Gasteiger partial charge in [-0.1, -0.05) is 26.0 Å². The van der Waals surface area contributed by atoms with E-state index in [1.165, 1.54) is 0 Å². The summed E-state index contributed by atoms with van der Waals surface area (Å²) in [5.41, 5.74) is 0. The summed E-state index contributed by atoms with van der Waals surface area (Å²) in [6, 6.07) is 0. The Morgan fingerprint density at radius 2 is 2.36 bits per heavy atom. The third-order valence-electron chi connectivity index (χ3n) is 1.60. The summed E-state index contributed by atoms with van der Waals surface area (Å²) in [7, 11) is 0. The van der Waals surface area contributed by atoms with Gasteiger partial charge in [0.2, 0.25) is 0 Å². The molecule has 0 bridgehead atoms. The van der Waals surface area contributed by atoms with Gasteiger partial charge in [0, 0.05) is 6.42 Å². The Bertz CT molecular complexity index is 170. The highest BCUT2D eigenvalue weighted by molar-refractivity contribution is 5.82. The summed E-state index contributed by atoms with van der Waals surface area (Å²) in [4.78, 5) is 10.7.